The second kappa shape index (κ2) is 5.19. The number of aromatic nitrogens is 1. The van der Waals surface area contributed by atoms with E-state index in [2.05, 4.69) is 48.0 Å². The van der Waals surface area contributed by atoms with Gasteiger partial charge in [-0.3, -0.25) is 0 Å². The molecule has 0 saturated carbocycles. The van der Waals surface area contributed by atoms with E-state index in [0.717, 1.165) is 37.2 Å². The molecule has 0 aliphatic carbocycles. The normalized spacial score (nSPS) is 11.0. The van der Waals surface area contributed by atoms with Crippen LogP contribution in [0.1, 0.15) is 11.1 Å². The second-order valence-corrected chi connectivity index (χ2v) is 6.15. The van der Waals surface area contributed by atoms with E-state index in [-0.39, 0.29) is 0 Å². The number of hydrogen-bond acceptors (Lipinski definition) is 1. The number of rotatable bonds is 1. The van der Waals surface area contributed by atoms with Gasteiger partial charge in [-0.2, -0.15) is 0 Å². The third kappa shape index (κ3) is 2.34. The van der Waals surface area contributed by atoms with Crippen molar-refractivity contribution in [3.63, 3.8) is 0 Å². The van der Waals surface area contributed by atoms with Gasteiger partial charge in [0.1, 0.15) is 0 Å². The molecular weight excluding hydrogens is 334 g/mol. The highest BCUT2D eigenvalue weighted by molar-refractivity contribution is 9.10. The van der Waals surface area contributed by atoms with E-state index >= 15 is 0 Å². The number of halogens is 2. The summed E-state index contributed by atoms with van der Waals surface area (Å²) in [7, 11) is 0. The van der Waals surface area contributed by atoms with Crippen LogP contribution < -0.4 is 0 Å². The van der Waals surface area contributed by atoms with Gasteiger partial charge in [0, 0.05) is 15.4 Å². The average molecular weight is 347 g/mol. The Hall–Kier alpha value is -1.38. The molecule has 2 aromatic carbocycles. The maximum Gasteiger partial charge on any atom is 0.0869 e. The number of benzene rings is 2. The van der Waals surface area contributed by atoms with Gasteiger partial charge in [0.15, 0.2) is 0 Å². The Kier molecular flexibility index (Phi) is 3.53. The number of nitrogens with zero attached hydrogens (tertiary/aromatic N) is 1. The second-order valence-electron chi connectivity index (χ2n) is 4.95. The minimum atomic E-state index is 0.729. The van der Waals surface area contributed by atoms with Crippen LogP contribution >= 0.6 is 27.5 Å². The SMILES string of the molecule is Cc1cccc(-c2cc(Cl)c3ccc(C)c(Br)c3n2)c1. The topological polar surface area (TPSA) is 12.9 Å². The fourth-order valence-corrected chi connectivity index (χ4v) is 2.96. The lowest BCUT2D eigenvalue weighted by Gasteiger charge is -2.09. The Bertz CT molecular complexity index is 811. The zero-order valence-electron chi connectivity index (χ0n) is 11.2. The summed E-state index contributed by atoms with van der Waals surface area (Å²) in [5.41, 5.74) is 5.26. The standard InChI is InChI=1S/C17H13BrClN/c1-10-4-3-5-12(8-10)15-9-14(19)13-7-6-11(2)16(18)17(13)20-15/h3-9H,1-2H3. The van der Waals surface area contributed by atoms with Crippen LogP contribution in [0.25, 0.3) is 22.2 Å². The van der Waals surface area contributed by atoms with E-state index in [1.165, 1.54) is 5.56 Å². The van der Waals surface area contributed by atoms with Crippen molar-refractivity contribution in [1.82, 2.24) is 4.98 Å². The van der Waals surface area contributed by atoms with E-state index in [0.29, 0.717) is 0 Å². The van der Waals surface area contributed by atoms with Crippen LogP contribution in [0.5, 0.6) is 0 Å². The van der Waals surface area contributed by atoms with Crippen LogP contribution in [0.2, 0.25) is 5.02 Å². The van der Waals surface area contributed by atoms with Crippen LogP contribution in [-0.4, -0.2) is 4.98 Å². The zero-order chi connectivity index (χ0) is 14.3. The first-order chi connectivity index (χ1) is 9.56. The molecule has 0 atom stereocenters. The van der Waals surface area contributed by atoms with Gasteiger partial charge >= 0.3 is 0 Å². The lowest BCUT2D eigenvalue weighted by atomic mass is 10.1. The Balaban J connectivity index is 2.31. The zero-order valence-corrected chi connectivity index (χ0v) is 13.6. The molecule has 1 nitrogen and oxygen atoms in total. The molecule has 3 aromatic rings. The minimum absolute atomic E-state index is 0.729. The van der Waals surface area contributed by atoms with Gasteiger partial charge in [0.2, 0.25) is 0 Å². The highest BCUT2D eigenvalue weighted by Gasteiger charge is 2.10. The lowest BCUT2D eigenvalue weighted by Crippen LogP contribution is -1.90. The number of pyridine rings is 1. The quantitative estimate of drug-likeness (QED) is 0.532. The van der Waals surface area contributed by atoms with Gasteiger partial charge in [0.25, 0.3) is 0 Å². The molecule has 3 rings (SSSR count). The summed E-state index contributed by atoms with van der Waals surface area (Å²) in [6, 6.07) is 14.3. The Morgan fingerprint density at radius 1 is 1.05 bits per heavy atom. The third-order valence-corrected chi connectivity index (χ3v) is 4.69. The summed E-state index contributed by atoms with van der Waals surface area (Å²) in [5.74, 6) is 0. The number of aryl methyl sites for hydroxylation is 2. The van der Waals surface area contributed by atoms with Gasteiger partial charge in [-0.15, -0.1) is 0 Å². The molecule has 0 aliphatic rings. The average Bonchev–Trinajstić information content (AvgIpc) is 2.43. The molecule has 0 N–H and O–H groups in total. The molecule has 0 saturated heterocycles. The molecule has 0 bridgehead atoms. The van der Waals surface area contributed by atoms with Gasteiger partial charge < -0.3 is 0 Å². The van der Waals surface area contributed by atoms with Crippen LogP contribution in [0.3, 0.4) is 0 Å². The maximum absolute atomic E-state index is 6.42. The number of fused-ring (bicyclic) bond motifs is 1. The third-order valence-electron chi connectivity index (χ3n) is 3.38. The first kappa shape index (κ1) is 13.6. The van der Waals surface area contributed by atoms with Crippen LogP contribution in [-0.2, 0) is 0 Å². The summed E-state index contributed by atoms with van der Waals surface area (Å²) < 4.78 is 1.01. The van der Waals surface area contributed by atoms with Crippen molar-refractivity contribution in [2.45, 2.75) is 13.8 Å². The van der Waals surface area contributed by atoms with Gasteiger partial charge in [-0.25, -0.2) is 4.98 Å². The molecule has 0 unspecified atom stereocenters. The largest absolute Gasteiger partial charge is 0.246 e. The molecule has 100 valence electrons. The van der Waals surface area contributed by atoms with Crippen LogP contribution in [0, 0.1) is 13.8 Å². The van der Waals surface area contributed by atoms with E-state index in [9.17, 15) is 0 Å². The predicted molar refractivity (Wildman–Crippen MR) is 89.4 cm³/mol. The monoisotopic (exact) mass is 345 g/mol. The Morgan fingerprint density at radius 2 is 1.85 bits per heavy atom. The van der Waals surface area contributed by atoms with Crippen molar-refractivity contribution < 1.29 is 0 Å². The molecule has 0 aliphatic heterocycles. The summed E-state index contributed by atoms with van der Waals surface area (Å²) >= 11 is 10.0. The fraction of sp³-hybridized carbons (Fsp3) is 0.118. The first-order valence-corrected chi connectivity index (χ1v) is 7.56. The molecule has 20 heavy (non-hydrogen) atoms. The van der Waals surface area contributed by atoms with Crippen molar-refractivity contribution in [3.8, 4) is 11.3 Å². The predicted octanol–water partition coefficient (Wildman–Crippen LogP) is 5.93. The molecule has 0 amide bonds. The van der Waals surface area contributed by atoms with E-state index in [1.807, 2.05) is 24.3 Å². The molecule has 3 heteroatoms. The van der Waals surface area contributed by atoms with E-state index in [4.69, 9.17) is 16.6 Å². The van der Waals surface area contributed by atoms with E-state index < -0.39 is 0 Å². The van der Waals surface area contributed by atoms with Crippen molar-refractivity contribution in [1.29, 1.82) is 0 Å². The van der Waals surface area contributed by atoms with Crippen LogP contribution in [0.15, 0.2) is 46.9 Å². The molecule has 0 spiro atoms. The van der Waals surface area contributed by atoms with Gasteiger partial charge in [-0.05, 0) is 47.5 Å². The summed E-state index contributed by atoms with van der Waals surface area (Å²) in [6.07, 6.45) is 0. The van der Waals surface area contributed by atoms with Crippen molar-refractivity contribution in [2.75, 3.05) is 0 Å². The van der Waals surface area contributed by atoms with Crippen molar-refractivity contribution >= 4 is 38.4 Å². The molecule has 1 aromatic heterocycles. The summed E-state index contributed by atoms with van der Waals surface area (Å²) in [6.45, 7) is 4.13. The van der Waals surface area contributed by atoms with E-state index in [1.54, 1.807) is 0 Å². The highest BCUT2D eigenvalue weighted by Crippen LogP contribution is 2.33. The highest BCUT2D eigenvalue weighted by atomic mass is 79.9. The Labute approximate surface area is 131 Å². The fourth-order valence-electron chi connectivity index (χ4n) is 2.27. The van der Waals surface area contributed by atoms with Crippen molar-refractivity contribution in [3.05, 3.63) is 63.1 Å². The molecular formula is C17H13BrClN. The van der Waals surface area contributed by atoms with Gasteiger partial charge in [0.05, 0.1) is 16.2 Å². The smallest absolute Gasteiger partial charge is 0.0869 e. The van der Waals surface area contributed by atoms with Crippen LogP contribution in [0.4, 0.5) is 0 Å². The minimum Gasteiger partial charge on any atom is -0.246 e. The summed E-state index contributed by atoms with van der Waals surface area (Å²) in [4.78, 5) is 4.78. The maximum atomic E-state index is 6.42. The van der Waals surface area contributed by atoms with Gasteiger partial charge in [-0.1, -0.05) is 47.5 Å². The van der Waals surface area contributed by atoms with Crippen molar-refractivity contribution in [2.24, 2.45) is 0 Å². The molecule has 1 heterocycles. The first-order valence-electron chi connectivity index (χ1n) is 6.38. The summed E-state index contributed by atoms with van der Waals surface area (Å²) in [5, 5.41) is 1.70. The lowest BCUT2D eigenvalue weighted by molar-refractivity contribution is 1.35. The molecule has 0 fully saturated rings. The number of hydrogen-bond donors (Lipinski definition) is 0. The molecule has 0 radical (unpaired) electrons. The Morgan fingerprint density at radius 3 is 2.60 bits per heavy atom.